The van der Waals surface area contributed by atoms with Crippen molar-refractivity contribution in [2.24, 2.45) is 0 Å². The highest BCUT2D eigenvalue weighted by Gasteiger charge is 2.05. The van der Waals surface area contributed by atoms with E-state index in [4.69, 9.17) is 16.7 Å². The minimum Gasteiger partial charge on any atom is -0.478 e. The van der Waals surface area contributed by atoms with Crippen LogP contribution in [-0.4, -0.2) is 17.6 Å². The van der Waals surface area contributed by atoms with Gasteiger partial charge in [-0.05, 0) is 24.6 Å². The Morgan fingerprint density at radius 1 is 1.39 bits per heavy atom. The van der Waals surface area contributed by atoms with Crippen LogP contribution in [0.1, 0.15) is 20.1 Å². The molecule has 2 aromatic heterocycles. The van der Waals surface area contributed by atoms with Crippen molar-refractivity contribution in [2.45, 2.75) is 13.0 Å². The highest BCUT2D eigenvalue weighted by molar-refractivity contribution is 7.16. The first-order chi connectivity index (χ1) is 8.65. The van der Waals surface area contributed by atoms with Gasteiger partial charge in [-0.25, -0.2) is 4.79 Å². The summed E-state index contributed by atoms with van der Waals surface area (Å²) in [5, 5.41) is 13.8. The van der Waals surface area contributed by atoms with Gasteiger partial charge in [0.25, 0.3) is 0 Å². The summed E-state index contributed by atoms with van der Waals surface area (Å²) in [4.78, 5) is 13.0. The maximum Gasteiger partial charge on any atom is 0.336 e. The lowest BCUT2D eigenvalue weighted by atomic mass is 10.3. The average molecular weight is 302 g/mol. The molecular weight excluding hydrogens is 290 g/mol. The second-order valence-corrected chi connectivity index (χ2v) is 6.53. The molecule has 0 unspecified atom stereocenters. The number of thiophene rings is 2. The smallest absolute Gasteiger partial charge is 0.336 e. The molecule has 0 aromatic carbocycles. The lowest BCUT2D eigenvalue weighted by Gasteiger charge is -2.01. The molecule has 0 spiro atoms. The molecule has 18 heavy (non-hydrogen) atoms. The summed E-state index contributed by atoms with van der Waals surface area (Å²) in [7, 11) is 0. The van der Waals surface area contributed by atoms with Crippen molar-refractivity contribution < 1.29 is 9.90 Å². The molecule has 0 aliphatic heterocycles. The Morgan fingerprint density at radius 3 is 2.83 bits per heavy atom. The summed E-state index contributed by atoms with van der Waals surface area (Å²) >= 11 is 8.90. The van der Waals surface area contributed by atoms with Crippen molar-refractivity contribution >= 4 is 40.2 Å². The van der Waals surface area contributed by atoms with Crippen molar-refractivity contribution in [1.82, 2.24) is 5.32 Å². The molecule has 0 aliphatic carbocycles. The summed E-state index contributed by atoms with van der Waals surface area (Å²) < 4.78 is 0.814. The maximum absolute atomic E-state index is 10.7. The molecule has 0 fully saturated rings. The Bertz CT molecular complexity index is 536. The van der Waals surface area contributed by atoms with Crippen LogP contribution in [0.5, 0.6) is 0 Å². The molecule has 0 saturated carbocycles. The first-order valence-electron chi connectivity index (χ1n) is 5.41. The van der Waals surface area contributed by atoms with Gasteiger partial charge in [-0.3, -0.25) is 0 Å². The number of carbonyl (C=O) groups is 1. The van der Waals surface area contributed by atoms with E-state index < -0.39 is 5.97 Å². The van der Waals surface area contributed by atoms with E-state index in [2.05, 4.69) is 5.32 Å². The first kappa shape index (κ1) is 13.5. The Labute approximate surface area is 118 Å². The van der Waals surface area contributed by atoms with Crippen molar-refractivity contribution in [2.75, 3.05) is 6.54 Å². The zero-order valence-electron chi connectivity index (χ0n) is 9.48. The normalized spacial score (nSPS) is 10.7. The molecule has 2 rings (SSSR count). The largest absolute Gasteiger partial charge is 0.478 e. The molecule has 3 nitrogen and oxygen atoms in total. The molecule has 2 heterocycles. The summed E-state index contributed by atoms with van der Waals surface area (Å²) in [6.07, 6.45) is 0.939. The topological polar surface area (TPSA) is 49.3 Å². The summed E-state index contributed by atoms with van der Waals surface area (Å²) in [6, 6.07) is 5.64. The second-order valence-electron chi connectivity index (χ2n) is 3.74. The van der Waals surface area contributed by atoms with Crippen molar-refractivity contribution in [3.63, 3.8) is 0 Å². The minimum absolute atomic E-state index is 0.363. The monoisotopic (exact) mass is 301 g/mol. The lowest BCUT2D eigenvalue weighted by molar-refractivity contribution is 0.0697. The van der Waals surface area contributed by atoms with E-state index in [1.807, 2.05) is 12.1 Å². The van der Waals surface area contributed by atoms with E-state index in [-0.39, 0.29) is 0 Å². The second kappa shape index (κ2) is 6.33. The number of hydrogen-bond donors (Lipinski definition) is 2. The maximum atomic E-state index is 10.7. The van der Waals surface area contributed by atoms with Crippen LogP contribution in [0.15, 0.2) is 23.6 Å². The predicted molar refractivity (Wildman–Crippen MR) is 76.0 cm³/mol. The number of carboxylic acid groups (broad SMARTS) is 1. The Morgan fingerprint density at radius 2 is 2.22 bits per heavy atom. The third kappa shape index (κ3) is 3.81. The summed E-state index contributed by atoms with van der Waals surface area (Å²) in [6.45, 7) is 1.56. The number of nitrogens with one attached hydrogen (secondary N) is 1. The van der Waals surface area contributed by atoms with Crippen LogP contribution in [0, 0.1) is 0 Å². The van der Waals surface area contributed by atoms with Crippen LogP contribution in [-0.2, 0) is 13.0 Å². The van der Waals surface area contributed by atoms with Crippen molar-refractivity contribution in [3.8, 4) is 0 Å². The van der Waals surface area contributed by atoms with Crippen LogP contribution in [0.4, 0.5) is 0 Å². The standard InChI is InChI=1S/C12H12ClNO2S2/c13-11-2-1-9(18-11)3-4-14-6-10-5-8(7-17-10)12(15)16/h1-2,5,7,14H,3-4,6H2,(H,15,16). The Hall–Kier alpha value is -0.880. The molecule has 0 saturated heterocycles. The van der Waals surface area contributed by atoms with Gasteiger partial charge in [0.2, 0.25) is 0 Å². The van der Waals surface area contributed by atoms with Crippen molar-refractivity contribution in [3.05, 3.63) is 43.2 Å². The summed E-state index contributed by atoms with van der Waals surface area (Å²) in [5.41, 5.74) is 0.363. The molecule has 2 N–H and O–H groups in total. The zero-order chi connectivity index (χ0) is 13.0. The lowest BCUT2D eigenvalue weighted by Crippen LogP contribution is -2.15. The average Bonchev–Trinajstić information content (AvgIpc) is 2.93. The number of rotatable bonds is 6. The highest BCUT2D eigenvalue weighted by Crippen LogP contribution is 2.21. The third-order valence-electron chi connectivity index (χ3n) is 2.38. The molecule has 6 heteroatoms. The quantitative estimate of drug-likeness (QED) is 0.803. The van der Waals surface area contributed by atoms with Gasteiger partial charge in [-0.2, -0.15) is 0 Å². The fourth-order valence-corrected chi connectivity index (χ4v) is 3.41. The van der Waals surface area contributed by atoms with Gasteiger partial charge in [0.15, 0.2) is 0 Å². The third-order valence-corrected chi connectivity index (χ3v) is 4.60. The SMILES string of the molecule is O=C(O)c1csc(CNCCc2ccc(Cl)s2)c1. The molecule has 2 aromatic rings. The molecule has 0 aliphatic rings. The fraction of sp³-hybridized carbons (Fsp3) is 0.250. The van der Waals surface area contributed by atoms with E-state index in [0.717, 1.165) is 22.2 Å². The van der Waals surface area contributed by atoms with E-state index in [1.165, 1.54) is 16.2 Å². The molecule has 0 bridgehead atoms. The Kier molecular flexibility index (Phi) is 4.77. The summed E-state index contributed by atoms with van der Waals surface area (Å²) in [5.74, 6) is -0.870. The highest BCUT2D eigenvalue weighted by atomic mass is 35.5. The minimum atomic E-state index is -0.870. The van der Waals surface area contributed by atoms with Gasteiger partial charge >= 0.3 is 5.97 Å². The number of hydrogen-bond acceptors (Lipinski definition) is 4. The van der Waals surface area contributed by atoms with Crippen LogP contribution in [0.2, 0.25) is 4.34 Å². The van der Waals surface area contributed by atoms with Gasteiger partial charge in [-0.15, -0.1) is 22.7 Å². The van der Waals surface area contributed by atoms with Crippen LogP contribution in [0.3, 0.4) is 0 Å². The molecule has 0 amide bonds. The van der Waals surface area contributed by atoms with Gasteiger partial charge in [-0.1, -0.05) is 11.6 Å². The van der Waals surface area contributed by atoms with Gasteiger partial charge < -0.3 is 10.4 Å². The van der Waals surface area contributed by atoms with Gasteiger partial charge in [0.1, 0.15) is 0 Å². The van der Waals surface area contributed by atoms with E-state index in [0.29, 0.717) is 12.1 Å². The van der Waals surface area contributed by atoms with Crippen molar-refractivity contribution in [1.29, 1.82) is 0 Å². The molecule has 0 radical (unpaired) electrons. The molecule has 0 atom stereocenters. The zero-order valence-corrected chi connectivity index (χ0v) is 11.9. The molecular formula is C12H12ClNO2S2. The van der Waals surface area contributed by atoms with E-state index in [1.54, 1.807) is 22.8 Å². The molecule has 96 valence electrons. The van der Waals surface area contributed by atoms with Crippen LogP contribution >= 0.6 is 34.3 Å². The Balaban J connectivity index is 1.73. The van der Waals surface area contributed by atoms with Gasteiger partial charge in [0, 0.05) is 28.2 Å². The predicted octanol–water partition coefficient (Wildman–Crippen LogP) is 3.49. The fourth-order valence-electron chi connectivity index (χ4n) is 1.49. The van der Waals surface area contributed by atoms with E-state index in [9.17, 15) is 4.79 Å². The van der Waals surface area contributed by atoms with Crippen LogP contribution in [0.25, 0.3) is 0 Å². The van der Waals surface area contributed by atoms with Crippen LogP contribution < -0.4 is 5.32 Å². The van der Waals surface area contributed by atoms with E-state index >= 15 is 0 Å². The number of aromatic carboxylic acids is 1. The first-order valence-corrected chi connectivity index (χ1v) is 7.48. The van der Waals surface area contributed by atoms with Gasteiger partial charge in [0.05, 0.1) is 9.90 Å². The number of carboxylic acids is 1. The number of halogens is 1.